The van der Waals surface area contributed by atoms with Gasteiger partial charge in [0.05, 0.1) is 30.8 Å². The Morgan fingerprint density at radius 3 is 2.71 bits per heavy atom. The van der Waals surface area contributed by atoms with Crippen molar-refractivity contribution >= 4 is 40.7 Å². The number of rotatable bonds is 5. The van der Waals surface area contributed by atoms with Crippen LogP contribution < -0.4 is 31.3 Å². The van der Waals surface area contributed by atoms with Crippen molar-refractivity contribution in [2.75, 3.05) is 17.7 Å². The first-order valence-electron chi connectivity index (χ1n) is 9.76. The van der Waals surface area contributed by atoms with Crippen LogP contribution in [-0.2, 0) is 14.4 Å². The molecule has 4 unspecified atom stereocenters. The van der Waals surface area contributed by atoms with Gasteiger partial charge in [0, 0.05) is 17.1 Å². The number of carbonyl (C=O) groups excluding carboxylic acids is 3. The normalized spacial score (nSPS) is 25.0. The van der Waals surface area contributed by atoms with Crippen molar-refractivity contribution in [3.63, 3.8) is 0 Å². The van der Waals surface area contributed by atoms with Gasteiger partial charge >= 0.3 is 0 Å². The molecule has 2 aromatic rings. The summed E-state index contributed by atoms with van der Waals surface area (Å²) in [4.78, 5) is 38.1. The van der Waals surface area contributed by atoms with Crippen LogP contribution in [0.5, 0.6) is 5.75 Å². The van der Waals surface area contributed by atoms with Crippen LogP contribution in [0.3, 0.4) is 0 Å². The average molecular weight is 444 g/mol. The highest BCUT2D eigenvalue weighted by atomic mass is 35.5. The summed E-state index contributed by atoms with van der Waals surface area (Å²) in [5.41, 5.74) is 1.17. The number of carbonyl (C=O) groups is 3. The van der Waals surface area contributed by atoms with E-state index >= 15 is 0 Å². The second-order valence-electron chi connectivity index (χ2n) is 7.33. The summed E-state index contributed by atoms with van der Waals surface area (Å²) in [5, 5.41) is 15.1. The van der Waals surface area contributed by atoms with Gasteiger partial charge in [-0.25, -0.2) is 0 Å². The van der Waals surface area contributed by atoms with Gasteiger partial charge in [0.2, 0.25) is 17.7 Å². The monoisotopic (exact) mass is 443 g/mol. The first-order chi connectivity index (χ1) is 14.9. The highest BCUT2D eigenvalue weighted by Crippen LogP contribution is 2.29. The van der Waals surface area contributed by atoms with Gasteiger partial charge in [-0.3, -0.25) is 19.7 Å². The molecule has 0 aromatic heterocycles. The Kier molecular flexibility index (Phi) is 5.97. The maximum atomic E-state index is 12.9. The molecule has 5 N–H and O–H groups in total. The molecule has 0 radical (unpaired) electrons. The number of benzene rings is 2. The van der Waals surface area contributed by atoms with Gasteiger partial charge < -0.3 is 26.0 Å². The molecule has 0 spiro atoms. The van der Waals surface area contributed by atoms with Crippen molar-refractivity contribution in [1.29, 1.82) is 0 Å². The van der Waals surface area contributed by atoms with E-state index in [2.05, 4.69) is 26.6 Å². The lowest BCUT2D eigenvalue weighted by Gasteiger charge is -2.43. The first-order valence-corrected chi connectivity index (χ1v) is 10.1. The molecule has 0 saturated carbocycles. The van der Waals surface area contributed by atoms with Crippen molar-refractivity contribution in [3.8, 4) is 5.75 Å². The van der Waals surface area contributed by atoms with Crippen molar-refractivity contribution in [2.45, 2.75) is 18.9 Å². The summed E-state index contributed by atoms with van der Waals surface area (Å²) in [7, 11) is 1.55. The molecule has 31 heavy (non-hydrogen) atoms. The largest absolute Gasteiger partial charge is 0.495 e. The number of nitrogens with one attached hydrogen (secondary N) is 5. The van der Waals surface area contributed by atoms with Gasteiger partial charge in [-0.2, -0.15) is 0 Å². The molecule has 10 heteroatoms. The van der Waals surface area contributed by atoms with E-state index in [0.29, 0.717) is 22.1 Å². The molecule has 2 aliphatic rings. The Balaban J connectivity index is 1.49. The molecule has 2 aliphatic heterocycles. The fraction of sp³-hybridized carbons (Fsp3) is 0.286. The molecule has 2 saturated heterocycles. The number of methoxy groups -OCH3 is 1. The van der Waals surface area contributed by atoms with Gasteiger partial charge in [-0.15, -0.1) is 0 Å². The summed E-state index contributed by atoms with van der Waals surface area (Å²) in [6.07, 6.45) is -1.47. The lowest BCUT2D eigenvalue weighted by Crippen LogP contribution is -2.72. The minimum absolute atomic E-state index is 0.0900. The van der Waals surface area contributed by atoms with Gasteiger partial charge in [0.1, 0.15) is 5.75 Å². The van der Waals surface area contributed by atoms with E-state index in [0.717, 1.165) is 0 Å². The molecule has 162 valence electrons. The van der Waals surface area contributed by atoms with Gasteiger partial charge in [-0.1, -0.05) is 29.8 Å². The van der Waals surface area contributed by atoms with E-state index in [1.165, 1.54) is 0 Å². The van der Waals surface area contributed by atoms with Crippen LogP contribution in [0.4, 0.5) is 11.4 Å². The quantitative estimate of drug-likeness (QED) is 0.477. The van der Waals surface area contributed by atoms with Crippen molar-refractivity contribution in [2.24, 2.45) is 11.8 Å². The summed E-state index contributed by atoms with van der Waals surface area (Å²) >= 11 is 5.97. The summed E-state index contributed by atoms with van der Waals surface area (Å²) in [6.45, 7) is 0. The predicted molar refractivity (Wildman–Crippen MR) is 115 cm³/mol. The SMILES string of the molecule is COc1ccccc1NC1NC(=O)C2C(NC(=O)CC2C(=O)Nc2cccc(Cl)c2)N1. The number of fused-ring (bicyclic) bond motifs is 1. The fourth-order valence-electron chi connectivity index (χ4n) is 3.87. The predicted octanol–water partition coefficient (Wildman–Crippen LogP) is 1.48. The number of amides is 3. The first kappa shape index (κ1) is 21.0. The molecule has 2 fully saturated rings. The van der Waals surface area contributed by atoms with Gasteiger partial charge in [0.25, 0.3) is 0 Å². The number of para-hydroxylation sites is 2. The lowest BCUT2D eigenvalue weighted by molar-refractivity contribution is -0.144. The van der Waals surface area contributed by atoms with E-state index in [9.17, 15) is 14.4 Å². The third-order valence-electron chi connectivity index (χ3n) is 5.29. The molecule has 3 amide bonds. The third-order valence-corrected chi connectivity index (χ3v) is 5.52. The van der Waals surface area contributed by atoms with Crippen LogP contribution in [0.1, 0.15) is 6.42 Å². The molecule has 9 nitrogen and oxygen atoms in total. The second-order valence-corrected chi connectivity index (χ2v) is 7.77. The van der Waals surface area contributed by atoms with Crippen molar-refractivity contribution < 1.29 is 19.1 Å². The van der Waals surface area contributed by atoms with E-state index in [-0.39, 0.29) is 18.2 Å². The summed E-state index contributed by atoms with van der Waals surface area (Å²) in [6, 6.07) is 13.9. The third kappa shape index (κ3) is 4.57. The standard InChI is InChI=1S/C21H22ClN5O4/c1-31-15-8-3-2-7-14(15)24-21-26-18-17(20(30)27-21)13(10-16(28)25-18)19(29)23-12-6-4-5-11(22)9-12/h2-9,13,17-18,21,24,26H,10H2,1H3,(H,23,29)(H,25,28)(H,27,30). The molecule has 0 aliphatic carbocycles. The minimum atomic E-state index is -0.836. The maximum Gasteiger partial charge on any atom is 0.229 e. The minimum Gasteiger partial charge on any atom is -0.495 e. The molecule has 2 aromatic carbocycles. The molecule has 4 atom stereocenters. The van der Waals surface area contributed by atoms with Crippen LogP contribution in [0.2, 0.25) is 5.02 Å². The number of ether oxygens (including phenoxy) is 1. The second kappa shape index (κ2) is 8.83. The Hall–Kier alpha value is -3.30. The Labute approximate surface area is 183 Å². The maximum absolute atomic E-state index is 12.9. The zero-order valence-corrected chi connectivity index (χ0v) is 17.4. The van der Waals surface area contributed by atoms with Gasteiger partial charge in [-0.05, 0) is 30.3 Å². The average Bonchev–Trinajstić information content (AvgIpc) is 2.73. The Bertz CT molecular complexity index is 1020. The van der Waals surface area contributed by atoms with Crippen LogP contribution in [0, 0.1) is 11.8 Å². The highest BCUT2D eigenvalue weighted by Gasteiger charge is 2.48. The molecule has 4 rings (SSSR count). The zero-order valence-electron chi connectivity index (χ0n) is 16.6. The van der Waals surface area contributed by atoms with Crippen LogP contribution in [0.15, 0.2) is 48.5 Å². The number of piperidine rings is 1. The molecule has 0 bridgehead atoms. The molecular formula is C21H22ClN5O4. The van der Waals surface area contributed by atoms with E-state index in [4.69, 9.17) is 16.3 Å². The highest BCUT2D eigenvalue weighted by molar-refractivity contribution is 6.30. The number of hydrogen-bond acceptors (Lipinski definition) is 6. The topological polar surface area (TPSA) is 121 Å². The van der Waals surface area contributed by atoms with Crippen LogP contribution in [-0.4, -0.2) is 37.3 Å². The fourth-order valence-corrected chi connectivity index (χ4v) is 4.06. The van der Waals surface area contributed by atoms with Crippen LogP contribution in [0.25, 0.3) is 0 Å². The summed E-state index contributed by atoms with van der Waals surface area (Å²) < 4.78 is 5.32. The van der Waals surface area contributed by atoms with Crippen LogP contribution >= 0.6 is 11.6 Å². The van der Waals surface area contributed by atoms with E-state index < -0.39 is 30.2 Å². The molecular weight excluding hydrogens is 422 g/mol. The zero-order chi connectivity index (χ0) is 22.0. The Morgan fingerprint density at radius 1 is 1.13 bits per heavy atom. The molecule has 2 heterocycles. The van der Waals surface area contributed by atoms with Crippen molar-refractivity contribution in [1.82, 2.24) is 16.0 Å². The number of hydrogen-bond donors (Lipinski definition) is 5. The van der Waals surface area contributed by atoms with Crippen molar-refractivity contribution in [3.05, 3.63) is 53.6 Å². The van der Waals surface area contributed by atoms with Gasteiger partial charge in [0.15, 0.2) is 6.29 Å². The smallest absolute Gasteiger partial charge is 0.229 e. The lowest BCUT2D eigenvalue weighted by atomic mass is 9.81. The number of halogens is 1. The van der Waals surface area contributed by atoms with E-state index in [1.807, 2.05) is 12.1 Å². The summed E-state index contributed by atoms with van der Waals surface area (Å²) in [5.74, 6) is -2.08. The number of anilines is 2. The van der Waals surface area contributed by atoms with E-state index in [1.54, 1.807) is 43.5 Å². The Morgan fingerprint density at radius 2 is 1.94 bits per heavy atom.